The summed E-state index contributed by atoms with van der Waals surface area (Å²) < 4.78 is 5.63. The summed E-state index contributed by atoms with van der Waals surface area (Å²) in [6.07, 6.45) is 0.410. The van der Waals surface area contributed by atoms with E-state index in [0.717, 1.165) is 18.8 Å². The lowest BCUT2D eigenvalue weighted by molar-refractivity contribution is -0.130. The maximum absolute atomic E-state index is 11.8. The highest BCUT2D eigenvalue weighted by molar-refractivity contribution is 5.75. The van der Waals surface area contributed by atoms with Crippen molar-refractivity contribution in [3.8, 4) is 5.75 Å². The quantitative estimate of drug-likeness (QED) is 0.816. The van der Waals surface area contributed by atoms with Crippen molar-refractivity contribution in [1.82, 2.24) is 10.2 Å². The number of rotatable bonds is 7. The Morgan fingerprint density at radius 3 is 2.47 bits per heavy atom. The summed E-state index contributed by atoms with van der Waals surface area (Å²) in [4.78, 5) is 13.5. The van der Waals surface area contributed by atoms with Gasteiger partial charge >= 0.3 is 0 Å². The summed E-state index contributed by atoms with van der Waals surface area (Å²) in [6.45, 7) is 6.03. The van der Waals surface area contributed by atoms with E-state index in [1.807, 2.05) is 40.1 Å². The van der Waals surface area contributed by atoms with Gasteiger partial charge in [-0.15, -0.1) is 0 Å². The number of likely N-dealkylation sites (N-methyl/N-ethyl adjacent to an activating group) is 2. The van der Waals surface area contributed by atoms with E-state index in [-0.39, 0.29) is 5.91 Å². The van der Waals surface area contributed by atoms with Gasteiger partial charge in [0.05, 0.1) is 13.0 Å². The van der Waals surface area contributed by atoms with Crippen LogP contribution >= 0.6 is 0 Å². The van der Waals surface area contributed by atoms with Crippen LogP contribution < -0.4 is 10.1 Å². The molecule has 1 aromatic rings. The molecule has 0 aromatic heterocycles. The standard InChI is InChI=1S/C15H24N2O2/c1-12-9-13(2)11-14(10-12)19-8-5-15(18)17(4)7-6-16-3/h9-11,16H,5-8H2,1-4H3. The van der Waals surface area contributed by atoms with Crippen LogP contribution in [0.2, 0.25) is 0 Å². The van der Waals surface area contributed by atoms with Gasteiger partial charge in [-0.05, 0) is 44.2 Å². The highest BCUT2D eigenvalue weighted by Gasteiger charge is 2.08. The van der Waals surface area contributed by atoms with Crippen molar-refractivity contribution in [3.05, 3.63) is 29.3 Å². The Hall–Kier alpha value is -1.55. The second-order valence-corrected chi connectivity index (χ2v) is 4.84. The van der Waals surface area contributed by atoms with Crippen LogP contribution in [-0.4, -0.2) is 44.6 Å². The van der Waals surface area contributed by atoms with E-state index in [4.69, 9.17) is 4.74 Å². The molecular weight excluding hydrogens is 240 g/mol. The Kier molecular flexibility index (Phi) is 6.36. The molecule has 106 valence electrons. The fourth-order valence-electron chi connectivity index (χ4n) is 1.87. The largest absolute Gasteiger partial charge is 0.493 e. The molecule has 0 aliphatic carbocycles. The number of hydrogen-bond donors (Lipinski definition) is 1. The Balaban J connectivity index is 2.35. The van der Waals surface area contributed by atoms with E-state index in [2.05, 4.69) is 11.4 Å². The fraction of sp³-hybridized carbons (Fsp3) is 0.533. The topological polar surface area (TPSA) is 41.6 Å². The molecule has 1 aromatic carbocycles. The number of nitrogens with zero attached hydrogens (tertiary/aromatic N) is 1. The van der Waals surface area contributed by atoms with Crippen LogP contribution in [0.25, 0.3) is 0 Å². The van der Waals surface area contributed by atoms with Crippen LogP contribution in [0.1, 0.15) is 17.5 Å². The van der Waals surface area contributed by atoms with Gasteiger partial charge in [-0.25, -0.2) is 0 Å². The molecule has 0 saturated carbocycles. The Morgan fingerprint density at radius 1 is 1.26 bits per heavy atom. The smallest absolute Gasteiger partial charge is 0.225 e. The van der Waals surface area contributed by atoms with Gasteiger partial charge in [-0.1, -0.05) is 6.07 Å². The lowest BCUT2D eigenvalue weighted by atomic mass is 10.1. The molecule has 0 unspecified atom stereocenters. The van der Waals surface area contributed by atoms with Gasteiger partial charge in [-0.2, -0.15) is 0 Å². The normalized spacial score (nSPS) is 10.3. The summed E-state index contributed by atoms with van der Waals surface area (Å²) in [5.41, 5.74) is 2.35. The van der Waals surface area contributed by atoms with Gasteiger partial charge in [0.15, 0.2) is 0 Å². The van der Waals surface area contributed by atoms with Crippen molar-refractivity contribution in [2.75, 3.05) is 33.8 Å². The first-order chi connectivity index (χ1) is 9.02. The third kappa shape index (κ3) is 5.75. The zero-order valence-electron chi connectivity index (χ0n) is 12.3. The minimum absolute atomic E-state index is 0.111. The third-order valence-electron chi connectivity index (χ3n) is 2.90. The molecule has 1 N–H and O–H groups in total. The van der Waals surface area contributed by atoms with Crippen LogP contribution in [0.4, 0.5) is 0 Å². The number of carbonyl (C=O) groups is 1. The molecule has 0 heterocycles. The summed E-state index contributed by atoms with van der Waals surface area (Å²) in [5.74, 6) is 0.947. The first kappa shape index (κ1) is 15.5. The first-order valence-corrected chi connectivity index (χ1v) is 6.62. The van der Waals surface area contributed by atoms with Crippen LogP contribution in [0.15, 0.2) is 18.2 Å². The van der Waals surface area contributed by atoms with E-state index >= 15 is 0 Å². The lowest BCUT2D eigenvalue weighted by Gasteiger charge is -2.17. The van der Waals surface area contributed by atoms with Gasteiger partial charge < -0.3 is 15.0 Å². The SMILES string of the molecule is CNCCN(C)C(=O)CCOc1cc(C)cc(C)c1. The Bertz CT molecular complexity index is 398. The molecule has 0 fully saturated rings. The van der Waals surface area contributed by atoms with Crippen molar-refractivity contribution >= 4 is 5.91 Å². The van der Waals surface area contributed by atoms with Crippen molar-refractivity contribution < 1.29 is 9.53 Å². The first-order valence-electron chi connectivity index (χ1n) is 6.62. The Labute approximate surface area is 115 Å². The number of aryl methyl sites for hydroxylation is 2. The minimum Gasteiger partial charge on any atom is -0.493 e. The number of nitrogens with one attached hydrogen (secondary N) is 1. The van der Waals surface area contributed by atoms with Gasteiger partial charge in [0, 0.05) is 20.1 Å². The van der Waals surface area contributed by atoms with Gasteiger partial charge in [0.25, 0.3) is 0 Å². The number of amides is 1. The zero-order valence-corrected chi connectivity index (χ0v) is 12.3. The van der Waals surface area contributed by atoms with E-state index in [1.165, 1.54) is 11.1 Å². The van der Waals surface area contributed by atoms with E-state index in [0.29, 0.717) is 13.0 Å². The van der Waals surface area contributed by atoms with Crippen molar-refractivity contribution in [2.45, 2.75) is 20.3 Å². The predicted molar refractivity (Wildman–Crippen MR) is 77.6 cm³/mol. The number of hydrogen-bond acceptors (Lipinski definition) is 3. The van der Waals surface area contributed by atoms with Crippen molar-refractivity contribution in [2.24, 2.45) is 0 Å². The molecule has 0 aliphatic heterocycles. The zero-order chi connectivity index (χ0) is 14.3. The molecule has 1 amide bonds. The van der Waals surface area contributed by atoms with Gasteiger partial charge in [0.1, 0.15) is 5.75 Å². The molecule has 0 spiro atoms. The van der Waals surface area contributed by atoms with Crippen LogP contribution in [0.5, 0.6) is 5.75 Å². The Morgan fingerprint density at radius 2 is 1.89 bits per heavy atom. The molecule has 4 heteroatoms. The summed E-state index contributed by atoms with van der Waals surface area (Å²) in [6, 6.07) is 6.08. The van der Waals surface area contributed by atoms with Crippen molar-refractivity contribution in [3.63, 3.8) is 0 Å². The molecule has 1 rings (SSSR count). The fourth-order valence-corrected chi connectivity index (χ4v) is 1.87. The molecule has 0 bridgehead atoms. The molecule has 19 heavy (non-hydrogen) atoms. The number of benzene rings is 1. The summed E-state index contributed by atoms with van der Waals surface area (Å²) >= 11 is 0. The molecule has 0 atom stereocenters. The highest BCUT2D eigenvalue weighted by atomic mass is 16.5. The van der Waals surface area contributed by atoms with Crippen LogP contribution in [0.3, 0.4) is 0 Å². The van der Waals surface area contributed by atoms with Crippen molar-refractivity contribution in [1.29, 1.82) is 0 Å². The third-order valence-corrected chi connectivity index (χ3v) is 2.90. The van der Waals surface area contributed by atoms with E-state index in [9.17, 15) is 4.79 Å². The average Bonchev–Trinajstić information content (AvgIpc) is 2.34. The highest BCUT2D eigenvalue weighted by Crippen LogP contribution is 2.16. The molecule has 0 saturated heterocycles. The average molecular weight is 264 g/mol. The van der Waals surface area contributed by atoms with E-state index < -0.39 is 0 Å². The van der Waals surface area contributed by atoms with Gasteiger partial charge in [-0.3, -0.25) is 4.79 Å². The van der Waals surface area contributed by atoms with E-state index in [1.54, 1.807) is 4.90 Å². The lowest BCUT2D eigenvalue weighted by Crippen LogP contribution is -2.33. The second kappa shape index (κ2) is 7.79. The molecular formula is C15H24N2O2. The number of carbonyl (C=O) groups excluding carboxylic acids is 1. The number of ether oxygens (including phenoxy) is 1. The summed E-state index contributed by atoms with van der Waals surface area (Å²) in [5, 5.41) is 3.02. The van der Waals surface area contributed by atoms with Crippen LogP contribution in [-0.2, 0) is 4.79 Å². The summed E-state index contributed by atoms with van der Waals surface area (Å²) in [7, 11) is 3.69. The predicted octanol–water partition coefficient (Wildman–Crippen LogP) is 1.75. The van der Waals surface area contributed by atoms with Gasteiger partial charge in [0.2, 0.25) is 5.91 Å². The monoisotopic (exact) mass is 264 g/mol. The maximum atomic E-state index is 11.8. The molecule has 0 radical (unpaired) electrons. The second-order valence-electron chi connectivity index (χ2n) is 4.84. The van der Waals surface area contributed by atoms with Crippen LogP contribution in [0, 0.1) is 13.8 Å². The molecule has 4 nitrogen and oxygen atoms in total. The maximum Gasteiger partial charge on any atom is 0.225 e. The molecule has 0 aliphatic rings. The minimum atomic E-state index is 0.111.